The predicted molar refractivity (Wildman–Crippen MR) is 59.5 cm³/mol. The maximum atomic E-state index is 11.0. The van der Waals surface area contributed by atoms with Gasteiger partial charge in [0.25, 0.3) is 0 Å². The summed E-state index contributed by atoms with van der Waals surface area (Å²) in [6.07, 6.45) is 0.297. The maximum Gasteiger partial charge on any atom is 0.351 e. The maximum absolute atomic E-state index is 11.0. The lowest BCUT2D eigenvalue weighted by atomic mass is 9.95. The summed E-state index contributed by atoms with van der Waals surface area (Å²) in [6.45, 7) is 3.51. The van der Waals surface area contributed by atoms with E-state index in [2.05, 4.69) is 5.16 Å². The largest absolute Gasteiger partial charge is 0.478 e. The molecule has 1 unspecified atom stereocenters. The SMILES string of the molecule is Cc1cccc(C2=NOC(C)(C(=O)O)C2)c1. The summed E-state index contributed by atoms with van der Waals surface area (Å²) in [7, 11) is 0. The van der Waals surface area contributed by atoms with Crippen LogP contribution in [0, 0.1) is 6.92 Å². The summed E-state index contributed by atoms with van der Waals surface area (Å²) in [5.41, 5.74) is 1.50. The molecular formula is C12H13NO3. The lowest BCUT2D eigenvalue weighted by molar-refractivity contribution is -0.160. The number of carboxylic acid groups (broad SMARTS) is 1. The zero-order valence-electron chi connectivity index (χ0n) is 9.23. The Labute approximate surface area is 93.5 Å². The van der Waals surface area contributed by atoms with Crippen LogP contribution in [0.4, 0.5) is 0 Å². The summed E-state index contributed by atoms with van der Waals surface area (Å²) >= 11 is 0. The number of hydrogen-bond acceptors (Lipinski definition) is 3. The highest BCUT2D eigenvalue weighted by Gasteiger charge is 2.42. The van der Waals surface area contributed by atoms with Gasteiger partial charge in [-0.25, -0.2) is 4.79 Å². The van der Waals surface area contributed by atoms with Gasteiger partial charge >= 0.3 is 5.97 Å². The van der Waals surface area contributed by atoms with Crippen molar-refractivity contribution in [2.45, 2.75) is 25.9 Å². The van der Waals surface area contributed by atoms with E-state index in [1.165, 1.54) is 6.92 Å². The Morgan fingerprint density at radius 2 is 2.31 bits per heavy atom. The van der Waals surface area contributed by atoms with Gasteiger partial charge in [0.05, 0.1) is 5.71 Å². The van der Waals surface area contributed by atoms with Gasteiger partial charge in [-0.15, -0.1) is 0 Å². The molecule has 0 fully saturated rings. The van der Waals surface area contributed by atoms with Gasteiger partial charge < -0.3 is 9.94 Å². The Kier molecular flexibility index (Phi) is 2.42. The monoisotopic (exact) mass is 219 g/mol. The topological polar surface area (TPSA) is 58.9 Å². The Morgan fingerprint density at radius 1 is 1.56 bits per heavy atom. The van der Waals surface area contributed by atoms with E-state index in [1.54, 1.807) is 0 Å². The molecule has 84 valence electrons. The molecule has 16 heavy (non-hydrogen) atoms. The molecule has 1 aromatic rings. The Bertz CT molecular complexity index is 467. The van der Waals surface area contributed by atoms with Crippen molar-refractivity contribution in [3.63, 3.8) is 0 Å². The van der Waals surface area contributed by atoms with Crippen LogP contribution < -0.4 is 0 Å². The van der Waals surface area contributed by atoms with Crippen molar-refractivity contribution in [2.24, 2.45) is 5.16 Å². The Hall–Kier alpha value is -1.84. The average Bonchev–Trinajstić information content (AvgIpc) is 2.62. The van der Waals surface area contributed by atoms with E-state index < -0.39 is 11.6 Å². The van der Waals surface area contributed by atoms with Crippen molar-refractivity contribution in [1.29, 1.82) is 0 Å². The summed E-state index contributed by atoms with van der Waals surface area (Å²) in [5.74, 6) is -0.987. The third kappa shape index (κ3) is 1.78. The van der Waals surface area contributed by atoms with E-state index in [9.17, 15) is 4.79 Å². The van der Waals surface area contributed by atoms with E-state index in [0.717, 1.165) is 11.1 Å². The molecular weight excluding hydrogens is 206 g/mol. The predicted octanol–water partition coefficient (Wildman–Crippen LogP) is 1.96. The summed E-state index contributed by atoms with van der Waals surface area (Å²) in [6, 6.07) is 7.78. The van der Waals surface area contributed by atoms with E-state index in [-0.39, 0.29) is 0 Å². The molecule has 0 saturated carbocycles. The molecule has 0 amide bonds. The van der Waals surface area contributed by atoms with Crippen LogP contribution in [0.1, 0.15) is 24.5 Å². The van der Waals surface area contributed by atoms with E-state index in [4.69, 9.17) is 9.94 Å². The van der Waals surface area contributed by atoms with Crippen molar-refractivity contribution in [3.8, 4) is 0 Å². The van der Waals surface area contributed by atoms with E-state index >= 15 is 0 Å². The number of hydrogen-bond donors (Lipinski definition) is 1. The highest BCUT2D eigenvalue weighted by molar-refractivity contribution is 6.04. The normalized spacial score (nSPS) is 23.8. The Balaban J connectivity index is 2.24. The minimum Gasteiger partial charge on any atom is -0.478 e. The fourth-order valence-corrected chi connectivity index (χ4v) is 1.63. The fourth-order valence-electron chi connectivity index (χ4n) is 1.63. The molecule has 0 bridgehead atoms. The molecule has 4 heteroatoms. The minimum atomic E-state index is -1.22. The zero-order valence-corrected chi connectivity index (χ0v) is 9.23. The van der Waals surface area contributed by atoms with Gasteiger partial charge in [-0.05, 0) is 19.4 Å². The standard InChI is InChI=1S/C12H13NO3/c1-8-4-3-5-9(6-8)10-7-12(2,11(14)15)16-13-10/h3-6H,7H2,1-2H3,(H,14,15). The second kappa shape index (κ2) is 3.63. The highest BCUT2D eigenvalue weighted by atomic mass is 16.7. The van der Waals surface area contributed by atoms with Crippen LogP contribution in [0.3, 0.4) is 0 Å². The average molecular weight is 219 g/mol. The zero-order chi connectivity index (χ0) is 11.8. The smallest absolute Gasteiger partial charge is 0.351 e. The van der Waals surface area contributed by atoms with Crippen molar-refractivity contribution >= 4 is 11.7 Å². The van der Waals surface area contributed by atoms with Gasteiger partial charge in [0.15, 0.2) is 0 Å². The molecule has 1 aliphatic heterocycles. The quantitative estimate of drug-likeness (QED) is 0.827. The molecule has 4 nitrogen and oxygen atoms in total. The first-order chi connectivity index (χ1) is 7.51. The molecule has 0 saturated heterocycles. The first-order valence-electron chi connectivity index (χ1n) is 5.07. The second-order valence-corrected chi connectivity index (χ2v) is 4.21. The van der Waals surface area contributed by atoms with Crippen LogP contribution in [0.25, 0.3) is 0 Å². The fraction of sp³-hybridized carbons (Fsp3) is 0.333. The third-order valence-electron chi connectivity index (χ3n) is 2.67. The van der Waals surface area contributed by atoms with Gasteiger partial charge in [0.2, 0.25) is 5.60 Å². The minimum absolute atomic E-state index is 0.297. The first-order valence-corrected chi connectivity index (χ1v) is 5.07. The molecule has 2 rings (SSSR count). The lowest BCUT2D eigenvalue weighted by Gasteiger charge is -2.14. The molecule has 1 aromatic carbocycles. The molecule has 0 aromatic heterocycles. The number of nitrogens with zero attached hydrogens (tertiary/aromatic N) is 1. The number of aliphatic carboxylic acids is 1. The lowest BCUT2D eigenvalue weighted by Crippen LogP contribution is -2.35. The number of oxime groups is 1. The van der Waals surface area contributed by atoms with Crippen LogP contribution in [-0.2, 0) is 9.63 Å². The van der Waals surface area contributed by atoms with Crippen molar-refractivity contribution < 1.29 is 14.7 Å². The molecule has 1 aliphatic rings. The van der Waals surface area contributed by atoms with Crippen LogP contribution in [0.5, 0.6) is 0 Å². The number of aryl methyl sites for hydroxylation is 1. The first kappa shape index (κ1) is 10.7. The van der Waals surface area contributed by atoms with Crippen LogP contribution in [0.15, 0.2) is 29.4 Å². The van der Waals surface area contributed by atoms with Crippen LogP contribution >= 0.6 is 0 Å². The number of rotatable bonds is 2. The number of carboxylic acids is 1. The summed E-state index contributed by atoms with van der Waals surface area (Å²) in [4.78, 5) is 16.0. The summed E-state index contributed by atoms with van der Waals surface area (Å²) in [5, 5.41) is 12.9. The molecule has 0 radical (unpaired) electrons. The van der Waals surface area contributed by atoms with Crippen LogP contribution in [0.2, 0.25) is 0 Å². The molecule has 1 N–H and O–H groups in total. The number of benzene rings is 1. The van der Waals surface area contributed by atoms with Crippen molar-refractivity contribution in [1.82, 2.24) is 0 Å². The summed E-state index contributed by atoms with van der Waals surface area (Å²) < 4.78 is 0. The molecule has 1 atom stereocenters. The van der Waals surface area contributed by atoms with Crippen molar-refractivity contribution in [2.75, 3.05) is 0 Å². The Morgan fingerprint density at radius 3 is 2.88 bits per heavy atom. The number of carbonyl (C=O) groups is 1. The molecule has 1 heterocycles. The van der Waals surface area contributed by atoms with Gasteiger partial charge in [-0.3, -0.25) is 0 Å². The third-order valence-corrected chi connectivity index (χ3v) is 2.67. The second-order valence-electron chi connectivity index (χ2n) is 4.21. The van der Waals surface area contributed by atoms with Gasteiger partial charge in [-0.2, -0.15) is 0 Å². The van der Waals surface area contributed by atoms with Gasteiger partial charge in [0, 0.05) is 6.42 Å². The highest BCUT2D eigenvalue weighted by Crippen LogP contribution is 2.26. The van der Waals surface area contributed by atoms with Crippen molar-refractivity contribution in [3.05, 3.63) is 35.4 Å². The molecule has 0 spiro atoms. The van der Waals surface area contributed by atoms with E-state index in [1.807, 2.05) is 31.2 Å². The van der Waals surface area contributed by atoms with Gasteiger partial charge in [0.1, 0.15) is 0 Å². The molecule has 0 aliphatic carbocycles. The van der Waals surface area contributed by atoms with Crippen LogP contribution in [-0.4, -0.2) is 22.4 Å². The van der Waals surface area contributed by atoms with Gasteiger partial charge in [-0.1, -0.05) is 35.0 Å². The van der Waals surface area contributed by atoms with E-state index in [0.29, 0.717) is 12.1 Å².